The summed E-state index contributed by atoms with van der Waals surface area (Å²) in [5.41, 5.74) is 0. The van der Waals surface area contributed by atoms with E-state index in [0.717, 1.165) is 12.2 Å². The fourth-order valence-electron chi connectivity index (χ4n) is 2.39. The third-order valence-electron chi connectivity index (χ3n) is 3.38. The molecule has 2 aliphatic heterocycles. The van der Waals surface area contributed by atoms with Crippen LogP contribution in [0, 0.1) is 0 Å². The van der Waals surface area contributed by atoms with Gasteiger partial charge < -0.3 is 19.6 Å². The largest absolute Gasteiger partial charge is 0.480 e. The number of amides is 2. The average molecular weight is 288 g/mol. The minimum Gasteiger partial charge on any atom is -0.480 e. The van der Waals surface area contributed by atoms with Crippen molar-refractivity contribution in [2.45, 2.75) is 25.5 Å². The highest BCUT2D eigenvalue weighted by molar-refractivity contribution is 7.99. The molecular weight excluding hydrogens is 268 g/mol. The number of thioether (sulfide) groups is 1. The van der Waals surface area contributed by atoms with Gasteiger partial charge in [-0.25, -0.2) is 9.59 Å². The van der Waals surface area contributed by atoms with Gasteiger partial charge in [-0.15, -0.1) is 0 Å². The van der Waals surface area contributed by atoms with E-state index in [9.17, 15) is 14.7 Å². The monoisotopic (exact) mass is 288 g/mol. The predicted octanol–water partition coefficient (Wildman–Crippen LogP) is 0.719. The number of carbonyl (C=O) groups excluding carboxylic acids is 1. The lowest BCUT2D eigenvalue weighted by atomic mass is 10.2. The van der Waals surface area contributed by atoms with Crippen LogP contribution in [-0.4, -0.2) is 76.8 Å². The van der Waals surface area contributed by atoms with Gasteiger partial charge in [0.15, 0.2) is 0 Å². The average Bonchev–Trinajstić information content (AvgIpc) is 2.62. The molecule has 2 heterocycles. The topological polar surface area (TPSA) is 70.1 Å². The summed E-state index contributed by atoms with van der Waals surface area (Å²) in [5, 5.41) is 9.21. The molecule has 0 aromatic carbocycles. The van der Waals surface area contributed by atoms with Crippen molar-refractivity contribution in [3.63, 3.8) is 0 Å². The highest BCUT2D eigenvalue weighted by atomic mass is 32.2. The highest BCUT2D eigenvalue weighted by Gasteiger charge is 2.35. The first-order valence-electron chi connectivity index (χ1n) is 6.57. The second-order valence-electron chi connectivity index (χ2n) is 4.89. The van der Waals surface area contributed by atoms with Crippen molar-refractivity contribution in [3.8, 4) is 0 Å². The molecule has 0 saturated carbocycles. The number of hydrogen-bond donors (Lipinski definition) is 1. The van der Waals surface area contributed by atoms with E-state index in [1.54, 1.807) is 16.7 Å². The number of ether oxygens (including phenoxy) is 1. The van der Waals surface area contributed by atoms with Gasteiger partial charge in [-0.3, -0.25) is 0 Å². The van der Waals surface area contributed by atoms with Gasteiger partial charge in [0.05, 0.1) is 6.10 Å². The molecule has 0 aromatic heterocycles. The molecule has 0 aromatic rings. The molecule has 7 heteroatoms. The molecule has 0 aliphatic carbocycles. The van der Waals surface area contributed by atoms with Crippen molar-refractivity contribution >= 4 is 23.8 Å². The van der Waals surface area contributed by atoms with Crippen LogP contribution in [0.4, 0.5) is 4.79 Å². The second kappa shape index (κ2) is 6.47. The van der Waals surface area contributed by atoms with E-state index in [1.807, 2.05) is 6.92 Å². The molecule has 0 bridgehead atoms. The summed E-state index contributed by atoms with van der Waals surface area (Å²) in [7, 11) is 0. The Hall–Kier alpha value is -0.950. The van der Waals surface area contributed by atoms with Crippen LogP contribution in [-0.2, 0) is 9.53 Å². The van der Waals surface area contributed by atoms with Crippen LogP contribution < -0.4 is 0 Å². The normalized spacial score (nSPS) is 28.9. The molecule has 2 saturated heterocycles. The Balaban J connectivity index is 2.05. The van der Waals surface area contributed by atoms with Gasteiger partial charge in [0.2, 0.25) is 0 Å². The Morgan fingerprint density at radius 1 is 1.37 bits per heavy atom. The van der Waals surface area contributed by atoms with Crippen LogP contribution in [0.5, 0.6) is 0 Å². The van der Waals surface area contributed by atoms with Crippen LogP contribution in [0.15, 0.2) is 0 Å². The summed E-state index contributed by atoms with van der Waals surface area (Å²) in [6.07, 6.45) is 0.810. The summed E-state index contributed by atoms with van der Waals surface area (Å²) < 4.78 is 5.51. The molecular formula is C12H20N2O4S. The number of carboxylic acids is 1. The van der Waals surface area contributed by atoms with Gasteiger partial charge in [-0.1, -0.05) is 0 Å². The first-order chi connectivity index (χ1) is 9.09. The van der Waals surface area contributed by atoms with Gasteiger partial charge in [-0.2, -0.15) is 11.8 Å². The number of hydrogen-bond acceptors (Lipinski definition) is 4. The van der Waals surface area contributed by atoms with Gasteiger partial charge >= 0.3 is 12.0 Å². The molecule has 2 amide bonds. The maximum Gasteiger partial charge on any atom is 0.327 e. The van der Waals surface area contributed by atoms with Crippen molar-refractivity contribution < 1.29 is 19.4 Å². The third kappa shape index (κ3) is 3.54. The molecule has 2 atom stereocenters. The molecule has 2 unspecified atom stereocenters. The molecule has 6 nitrogen and oxygen atoms in total. The quantitative estimate of drug-likeness (QED) is 0.770. The standard InChI is InChI=1S/C12H20N2O4S/c1-9-7-13(3-2-5-18-9)12(17)14-4-6-19-8-10(14)11(15)16/h9-10H,2-8H2,1H3,(H,15,16). The van der Waals surface area contributed by atoms with E-state index < -0.39 is 12.0 Å². The molecule has 19 heavy (non-hydrogen) atoms. The van der Waals surface area contributed by atoms with Crippen molar-refractivity contribution in [2.24, 2.45) is 0 Å². The maximum atomic E-state index is 12.5. The Labute approximate surface area is 117 Å². The zero-order valence-electron chi connectivity index (χ0n) is 11.1. The SMILES string of the molecule is CC1CN(C(=O)N2CCSCC2C(=O)O)CCCO1. The summed E-state index contributed by atoms with van der Waals surface area (Å²) in [6.45, 7) is 4.27. The van der Waals surface area contributed by atoms with Crippen LogP contribution in [0.25, 0.3) is 0 Å². The molecule has 108 valence electrons. The fraction of sp³-hybridized carbons (Fsp3) is 0.833. The van der Waals surface area contributed by atoms with Gasteiger partial charge in [-0.05, 0) is 13.3 Å². The fourth-order valence-corrected chi connectivity index (χ4v) is 3.43. The van der Waals surface area contributed by atoms with Gasteiger partial charge in [0, 0.05) is 37.7 Å². The lowest BCUT2D eigenvalue weighted by Crippen LogP contribution is -2.55. The summed E-state index contributed by atoms with van der Waals surface area (Å²) in [4.78, 5) is 26.9. The lowest BCUT2D eigenvalue weighted by Gasteiger charge is -2.36. The molecule has 1 N–H and O–H groups in total. The first kappa shape index (κ1) is 14.5. The van der Waals surface area contributed by atoms with Crippen molar-refractivity contribution in [3.05, 3.63) is 0 Å². The van der Waals surface area contributed by atoms with Crippen molar-refractivity contribution in [1.82, 2.24) is 9.80 Å². The molecule has 0 spiro atoms. The second-order valence-corrected chi connectivity index (χ2v) is 6.04. The molecule has 2 fully saturated rings. The summed E-state index contributed by atoms with van der Waals surface area (Å²) in [5.74, 6) is 0.357. The Morgan fingerprint density at radius 2 is 2.16 bits per heavy atom. The van der Waals surface area contributed by atoms with Crippen LogP contribution >= 0.6 is 11.8 Å². The number of carbonyl (C=O) groups is 2. The Kier molecular flexibility index (Phi) is 4.93. The van der Waals surface area contributed by atoms with Crippen LogP contribution in [0.3, 0.4) is 0 Å². The van der Waals surface area contributed by atoms with Crippen LogP contribution in [0.2, 0.25) is 0 Å². The third-order valence-corrected chi connectivity index (χ3v) is 4.40. The number of carboxylic acid groups (broad SMARTS) is 1. The predicted molar refractivity (Wildman–Crippen MR) is 72.5 cm³/mol. The van der Waals surface area contributed by atoms with Crippen molar-refractivity contribution in [2.75, 3.05) is 37.7 Å². The van der Waals surface area contributed by atoms with Crippen LogP contribution in [0.1, 0.15) is 13.3 Å². The molecule has 0 radical (unpaired) electrons. The van der Waals surface area contributed by atoms with E-state index in [0.29, 0.717) is 32.0 Å². The van der Waals surface area contributed by atoms with E-state index >= 15 is 0 Å². The lowest BCUT2D eigenvalue weighted by molar-refractivity contribution is -0.141. The zero-order valence-corrected chi connectivity index (χ0v) is 11.9. The summed E-state index contributed by atoms with van der Waals surface area (Å²) in [6, 6.07) is -0.865. The van der Waals surface area contributed by atoms with E-state index in [-0.39, 0.29) is 12.1 Å². The van der Waals surface area contributed by atoms with Crippen molar-refractivity contribution in [1.29, 1.82) is 0 Å². The van der Waals surface area contributed by atoms with Gasteiger partial charge in [0.25, 0.3) is 0 Å². The minimum atomic E-state index is -0.917. The Bertz CT molecular complexity index is 353. The van der Waals surface area contributed by atoms with Gasteiger partial charge in [0.1, 0.15) is 6.04 Å². The summed E-state index contributed by atoms with van der Waals surface area (Å²) >= 11 is 1.59. The molecule has 2 rings (SSSR count). The van der Waals surface area contributed by atoms with E-state index in [4.69, 9.17) is 4.74 Å². The number of urea groups is 1. The van der Waals surface area contributed by atoms with E-state index in [1.165, 1.54) is 4.90 Å². The number of rotatable bonds is 1. The smallest absolute Gasteiger partial charge is 0.327 e. The van der Waals surface area contributed by atoms with E-state index in [2.05, 4.69) is 0 Å². The minimum absolute atomic E-state index is 0.00823. The molecule has 2 aliphatic rings. The highest BCUT2D eigenvalue weighted by Crippen LogP contribution is 2.19. The Morgan fingerprint density at radius 3 is 2.89 bits per heavy atom. The number of aliphatic carboxylic acids is 1. The first-order valence-corrected chi connectivity index (χ1v) is 7.72. The maximum absolute atomic E-state index is 12.5. The number of nitrogens with zero attached hydrogens (tertiary/aromatic N) is 2. The zero-order chi connectivity index (χ0) is 13.8.